The van der Waals surface area contributed by atoms with Crippen molar-refractivity contribution in [1.29, 1.82) is 0 Å². The average Bonchev–Trinajstić information content (AvgIpc) is 2.88. The highest BCUT2D eigenvalue weighted by Gasteiger charge is 1.85. The maximum Gasteiger partial charge on any atom is -0.0163 e. The maximum absolute atomic E-state index is 2.12. The Morgan fingerprint density at radius 3 is 1.27 bits per heavy atom. The molecule has 0 unspecified atom stereocenters. The molecule has 2 aromatic rings. The van der Waals surface area contributed by atoms with Gasteiger partial charge in [0.1, 0.15) is 0 Å². The van der Waals surface area contributed by atoms with E-state index >= 15 is 0 Å². The van der Waals surface area contributed by atoms with Crippen molar-refractivity contribution in [2.24, 2.45) is 0 Å². The lowest BCUT2D eigenvalue weighted by molar-refractivity contribution is 1.45. The Bertz CT molecular complexity index is 403. The minimum atomic E-state index is 1.14. The molecule has 0 bridgehead atoms. The molecule has 2 aromatic carbocycles. The van der Waals surface area contributed by atoms with Gasteiger partial charge in [-0.25, -0.2) is 0 Å². The Hall–Kier alpha value is -1.82. The molecule has 0 heterocycles. The lowest BCUT2D eigenvalue weighted by atomic mass is 10.1. The molecule has 0 aromatic heterocycles. The Kier molecular flexibility index (Phi) is 3.34. The molecular weight excluding hydrogens is 180 g/mol. The van der Waals surface area contributed by atoms with Crippen molar-refractivity contribution in [2.75, 3.05) is 0 Å². The highest BCUT2D eigenvalue weighted by molar-refractivity contribution is 5.81. The van der Waals surface area contributed by atoms with Gasteiger partial charge in [0.2, 0.25) is 0 Å². The average molecular weight is 194 g/mol. The number of rotatable bonds is 0. The molecule has 0 radical (unpaired) electrons. The molecule has 0 heteroatoms. The first-order chi connectivity index (χ1) is 7.47. The Morgan fingerprint density at radius 1 is 0.600 bits per heavy atom. The van der Waals surface area contributed by atoms with E-state index in [2.05, 4.69) is 72.8 Å². The zero-order chi connectivity index (χ0) is 10.3. The lowest BCUT2D eigenvalue weighted by Gasteiger charge is -1.92. The number of hydrogen-bond acceptors (Lipinski definition) is 0. The van der Waals surface area contributed by atoms with Crippen molar-refractivity contribution in [1.82, 2.24) is 0 Å². The standard InChI is InChI=1S/C10H8.C5H6/c1-2-6-10-8-4-3-7-9(10)5-1;1-2-4-5-3-1/h1-8H;1-4H,5H2. The van der Waals surface area contributed by atoms with Crippen molar-refractivity contribution in [3.63, 3.8) is 0 Å². The molecule has 0 aliphatic heterocycles. The van der Waals surface area contributed by atoms with E-state index in [4.69, 9.17) is 0 Å². The van der Waals surface area contributed by atoms with Crippen LogP contribution in [0.15, 0.2) is 72.8 Å². The summed E-state index contributed by atoms with van der Waals surface area (Å²) in [6, 6.07) is 16.7. The number of fused-ring (bicyclic) bond motifs is 1. The Balaban J connectivity index is 0.000000144. The fourth-order valence-corrected chi connectivity index (χ4v) is 1.53. The molecule has 0 saturated heterocycles. The van der Waals surface area contributed by atoms with Crippen LogP contribution in [0.5, 0.6) is 0 Å². The van der Waals surface area contributed by atoms with Crippen LogP contribution in [0.2, 0.25) is 0 Å². The zero-order valence-electron chi connectivity index (χ0n) is 8.64. The van der Waals surface area contributed by atoms with Crippen LogP contribution in [-0.2, 0) is 0 Å². The third kappa shape index (κ3) is 2.81. The van der Waals surface area contributed by atoms with E-state index in [1.54, 1.807) is 0 Å². The second kappa shape index (κ2) is 5.16. The van der Waals surface area contributed by atoms with Gasteiger partial charge in [-0.1, -0.05) is 72.8 Å². The third-order valence-corrected chi connectivity index (χ3v) is 2.31. The van der Waals surface area contributed by atoms with Crippen LogP contribution >= 0.6 is 0 Å². The van der Waals surface area contributed by atoms with Crippen molar-refractivity contribution in [3.8, 4) is 0 Å². The molecule has 0 atom stereocenters. The molecule has 0 saturated carbocycles. The molecule has 0 amide bonds. The van der Waals surface area contributed by atoms with Gasteiger partial charge in [-0.15, -0.1) is 0 Å². The number of hydrogen-bond donors (Lipinski definition) is 0. The van der Waals surface area contributed by atoms with Crippen LogP contribution < -0.4 is 0 Å². The topological polar surface area (TPSA) is 0 Å². The normalized spacial score (nSPS) is 12.5. The first-order valence-electron chi connectivity index (χ1n) is 5.22. The summed E-state index contributed by atoms with van der Waals surface area (Å²) >= 11 is 0. The summed E-state index contributed by atoms with van der Waals surface area (Å²) in [6.45, 7) is 0. The Labute approximate surface area is 90.6 Å². The van der Waals surface area contributed by atoms with Crippen molar-refractivity contribution < 1.29 is 0 Å². The highest BCUT2D eigenvalue weighted by atomic mass is 13.9. The predicted octanol–water partition coefficient (Wildman–Crippen LogP) is 4.34. The van der Waals surface area contributed by atoms with Crippen LogP contribution in [0.3, 0.4) is 0 Å². The summed E-state index contributed by atoms with van der Waals surface area (Å²) < 4.78 is 0. The molecule has 1 aliphatic carbocycles. The second-order valence-corrected chi connectivity index (χ2v) is 3.44. The zero-order valence-corrected chi connectivity index (χ0v) is 8.64. The monoisotopic (exact) mass is 194 g/mol. The quantitative estimate of drug-likeness (QED) is 0.585. The van der Waals surface area contributed by atoms with E-state index in [-0.39, 0.29) is 0 Å². The van der Waals surface area contributed by atoms with Gasteiger partial charge in [-0.3, -0.25) is 0 Å². The van der Waals surface area contributed by atoms with E-state index in [1.165, 1.54) is 10.8 Å². The van der Waals surface area contributed by atoms with Gasteiger partial charge in [0.25, 0.3) is 0 Å². The van der Waals surface area contributed by atoms with Crippen molar-refractivity contribution in [3.05, 3.63) is 72.8 Å². The molecular formula is C15H14. The number of benzene rings is 2. The fraction of sp³-hybridized carbons (Fsp3) is 0.0667. The SMILES string of the molecule is C1=CCC=C1.c1ccc2ccccc2c1. The lowest BCUT2D eigenvalue weighted by Crippen LogP contribution is -1.67. The molecule has 0 nitrogen and oxygen atoms in total. The first-order valence-corrected chi connectivity index (χ1v) is 5.22. The summed E-state index contributed by atoms with van der Waals surface area (Å²) in [6.07, 6.45) is 9.50. The molecule has 0 fully saturated rings. The minimum absolute atomic E-state index is 1.14. The summed E-state index contributed by atoms with van der Waals surface area (Å²) in [4.78, 5) is 0. The molecule has 3 rings (SSSR count). The van der Waals surface area contributed by atoms with Gasteiger partial charge in [0.15, 0.2) is 0 Å². The van der Waals surface area contributed by atoms with E-state index in [0.29, 0.717) is 0 Å². The summed E-state index contributed by atoms with van der Waals surface area (Å²) in [5.74, 6) is 0. The maximum atomic E-state index is 2.12. The van der Waals surface area contributed by atoms with Gasteiger partial charge in [-0.2, -0.15) is 0 Å². The van der Waals surface area contributed by atoms with Crippen molar-refractivity contribution >= 4 is 10.8 Å². The van der Waals surface area contributed by atoms with Crippen molar-refractivity contribution in [2.45, 2.75) is 6.42 Å². The predicted molar refractivity (Wildman–Crippen MR) is 66.8 cm³/mol. The molecule has 1 aliphatic rings. The molecule has 15 heavy (non-hydrogen) atoms. The first kappa shape index (κ1) is 9.72. The van der Waals surface area contributed by atoms with E-state index in [9.17, 15) is 0 Å². The van der Waals surface area contributed by atoms with Crippen LogP contribution in [-0.4, -0.2) is 0 Å². The van der Waals surface area contributed by atoms with Crippen LogP contribution in [0, 0.1) is 0 Å². The minimum Gasteiger partial charge on any atom is -0.0808 e. The Morgan fingerprint density at radius 2 is 1.00 bits per heavy atom. The molecule has 74 valence electrons. The van der Waals surface area contributed by atoms with Gasteiger partial charge in [-0.05, 0) is 17.2 Å². The smallest absolute Gasteiger partial charge is 0.0163 e. The van der Waals surface area contributed by atoms with Gasteiger partial charge >= 0.3 is 0 Å². The highest BCUT2D eigenvalue weighted by Crippen LogP contribution is 2.11. The summed E-state index contributed by atoms with van der Waals surface area (Å²) in [7, 11) is 0. The molecule has 0 N–H and O–H groups in total. The number of allylic oxidation sites excluding steroid dienone is 4. The third-order valence-electron chi connectivity index (χ3n) is 2.31. The van der Waals surface area contributed by atoms with Crippen LogP contribution in [0.1, 0.15) is 6.42 Å². The van der Waals surface area contributed by atoms with Gasteiger partial charge < -0.3 is 0 Å². The van der Waals surface area contributed by atoms with E-state index in [0.717, 1.165) is 6.42 Å². The fourth-order valence-electron chi connectivity index (χ4n) is 1.53. The van der Waals surface area contributed by atoms with Crippen LogP contribution in [0.25, 0.3) is 10.8 Å². The molecule has 0 spiro atoms. The van der Waals surface area contributed by atoms with Gasteiger partial charge in [0.05, 0.1) is 0 Å². The summed E-state index contributed by atoms with van der Waals surface area (Å²) in [5.41, 5.74) is 0. The van der Waals surface area contributed by atoms with Gasteiger partial charge in [0, 0.05) is 0 Å². The van der Waals surface area contributed by atoms with Crippen LogP contribution in [0.4, 0.5) is 0 Å². The second-order valence-electron chi connectivity index (χ2n) is 3.44. The van der Waals surface area contributed by atoms with E-state index in [1.807, 2.05) is 0 Å². The van der Waals surface area contributed by atoms with E-state index < -0.39 is 0 Å². The summed E-state index contributed by atoms with van der Waals surface area (Å²) in [5, 5.41) is 2.62. The largest absolute Gasteiger partial charge is 0.0808 e.